The molecule has 0 unspecified atom stereocenters. The summed E-state index contributed by atoms with van der Waals surface area (Å²) in [5.74, 6) is 1.71. The van der Waals surface area contributed by atoms with Gasteiger partial charge in [0.2, 0.25) is 5.91 Å². The van der Waals surface area contributed by atoms with Crippen LogP contribution in [0.15, 0.2) is 24.3 Å². The van der Waals surface area contributed by atoms with Crippen molar-refractivity contribution in [3.63, 3.8) is 0 Å². The van der Waals surface area contributed by atoms with Crippen molar-refractivity contribution in [3.8, 4) is 0 Å². The smallest absolute Gasteiger partial charge is 0.220 e. The van der Waals surface area contributed by atoms with Crippen molar-refractivity contribution in [1.82, 2.24) is 5.32 Å². The predicted molar refractivity (Wildman–Crippen MR) is 77.2 cm³/mol. The van der Waals surface area contributed by atoms with E-state index in [4.69, 9.17) is 11.6 Å². The second-order valence-corrected chi connectivity index (χ2v) is 6.27. The molecule has 0 radical (unpaired) electrons. The van der Waals surface area contributed by atoms with Gasteiger partial charge in [0.05, 0.1) is 0 Å². The van der Waals surface area contributed by atoms with Gasteiger partial charge in [-0.2, -0.15) is 0 Å². The molecular weight excluding hydrogens is 258 g/mol. The van der Waals surface area contributed by atoms with Crippen LogP contribution in [0, 0.1) is 11.8 Å². The van der Waals surface area contributed by atoms with Gasteiger partial charge in [0.25, 0.3) is 0 Å². The normalized spacial score (nSPS) is 18.6. The molecule has 2 aliphatic rings. The number of hydrogen-bond donors (Lipinski definition) is 1. The standard InChI is InChI=1S/C16H20ClNO/c17-14-4-2-1-3-11(14)9-10-15(19)18-16(12-5-6-12)13-7-8-13/h1-4,12-13,16H,5-10H2,(H,18,19). The zero-order valence-corrected chi connectivity index (χ0v) is 11.8. The van der Waals surface area contributed by atoms with Crippen molar-refractivity contribution >= 4 is 17.5 Å². The first-order valence-corrected chi connectivity index (χ1v) is 7.64. The van der Waals surface area contributed by atoms with Crippen molar-refractivity contribution in [1.29, 1.82) is 0 Å². The second kappa shape index (κ2) is 5.54. The monoisotopic (exact) mass is 277 g/mol. The molecule has 1 aromatic carbocycles. The van der Waals surface area contributed by atoms with Crippen LogP contribution >= 0.6 is 11.6 Å². The molecule has 0 aromatic heterocycles. The van der Waals surface area contributed by atoms with Crippen molar-refractivity contribution in [2.75, 3.05) is 0 Å². The molecule has 102 valence electrons. The average molecular weight is 278 g/mol. The van der Waals surface area contributed by atoms with E-state index in [1.165, 1.54) is 25.7 Å². The molecule has 0 atom stereocenters. The molecule has 3 rings (SSSR count). The number of rotatable bonds is 6. The molecule has 3 heteroatoms. The summed E-state index contributed by atoms with van der Waals surface area (Å²) in [6.07, 6.45) is 6.46. The van der Waals surface area contributed by atoms with E-state index in [1.54, 1.807) is 0 Å². The Hall–Kier alpha value is -1.02. The highest BCUT2D eigenvalue weighted by Gasteiger charge is 2.42. The summed E-state index contributed by atoms with van der Waals surface area (Å²) >= 11 is 6.10. The zero-order valence-electron chi connectivity index (χ0n) is 11.1. The molecule has 2 saturated carbocycles. The van der Waals surface area contributed by atoms with Gasteiger partial charge < -0.3 is 5.32 Å². The molecule has 0 bridgehead atoms. The van der Waals surface area contributed by atoms with Crippen molar-refractivity contribution in [2.45, 2.75) is 44.6 Å². The van der Waals surface area contributed by atoms with Crippen molar-refractivity contribution in [3.05, 3.63) is 34.9 Å². The van der Waals surface area contributed by atoms with Crippen LogP contribution in [0.25, 0.3) is 0 Å². The van der Waals surface area contributed by atoms with E-state index >= 15 is 0 Å². The third-order valence-corrected chi connectivity index (χ3v) is 4.54. The summed E-state index contributed by atoms with van der Waals surface area (Å²) in [6, 6.07) is 8.22. The number of aryl methyl sites for hydroxylation is 1. The lowest BCUT2D eigenvalue weighted by atomic mass is 10.1. The Balaban J connectivity index is 1.49. The van der Waals surface area contributed by atoms with Crippen molar-refractivity contribution < 1.29 is 4.79 Å². The molecule has 0 heterocycles. The Morgan fingerprint density at radius 1 is 1.21 bits per heavy atom. The molecule has 1 aromatic rings. The molecule has 2 fully saturated rings. The molecule has 2 aliphatic carbocycles. The number of amides is 1. The van der Waals surface area contributed by atoms with Crippen LogP contribution in [0.3, 0.4) is 0 Å². The van der Waals surface area contributed by atoms with Crippen molar-refractivity contribution in [2.24, 2.45) is 11.8 Å². The Labute approximate surface area is 119 Å². The van der Waals surface area contributed by atoms with E-state index < -0.39 is 0 Å². The molecule has 1 N–H and O–H groups in total. The largest absolute Gasteiger partial charge is 0.353 e. The fourth-order valence-electron chi connectivity index (χ4n) is 2.74. The fourth-order valence-corrected chi connectivity index (χ4v) is 2.97. The maximum Gasteiger partial charge on any atom is 0.220 e. The van der Waals surface area contributed by atoms with Crippen LogP contribution in [0.5, 0.6) is 0 Å². The van der Waals surface area contributed by atoms with Gasteiger partial charge in [0.1, 0.15) is 0 Å². The first kappa shape index (κ1) is 13.0. The minimum Gasteiger partial charge on any atom is -0.353 e. The molecule has 0 saturated heterocycles. The highest BCUT2D eigenvalue weighted by atomic mass is 35.5. The zero-order chi connectivity index (χ0) is 13.2. The average Bonchev–Trinajstić information content (AvgIpc) is 3.28. The third kappa shape index (κ3) is 3.50. The second-order valence-electron chi connectivity index (χ2n) is 5.86. The quantitative estimate of drug-likeness (QED) is 0.846. The molecule has 1 amide bonds. The summed E-state index contributed by atoms with van der Waals surface area (Å²) in [5, 5.41) is 4.01. The number of benzene rings is 1. The van der Waals surface area contributed by atoms with E-state index in [0.29, 0.717) is 12.5 Å². The lowest BCUT2D eigenvalue weighted by molar-refractivity contribution is -0.122. The predicted octanol–water partition coefficient (Wildman–Crippen LogP) is 3.58. The van der Waals surface area contributed by atoms with Gasteiger partial charge in [-0.25, -0.2) is 0 Å². The van der Waals surface area contributed by atoms with Crippen LogP contribution in [0.1, 0.15) is 37.7 Å². The van der Waals surface area contributed by atoms with Gasteiger partial charge >= 0.3 is 0 Å². The summed E-state index contributed by atoms with van der Waals surface area (Å²) in [7, 11) is 0. The highest BCUT2D eigenvalue weighted by molar-refractivity contribution is 6.31. The Kier molecular flexibility index (Phi) is 3.79. The summed E-state index contributed by atoms with van der Waals surface area (Å²) in [4.78, 5) is 12.0. The molecule has 0 spiro atoms. The van der Waals surface area contributed by atoms with Gasteiger partial charge in [-0.05, 0) is 55.6 Å². The van der Waals surface area contributed by atoms with Crippen LogP contribution in [0.2, 0.25) is 5.02 Å². The van der Waals surface area contributed by atoms with Gasteiger partial charge in [0, 0.05) is 17.5 Å². The number of carbonyl (C=O) groups is 1. The third-order valence-electron chi connectivity index (χ3n) is 4.17. The van der Waals surface area contributed by atoms with Gasteiger partial charge in [-0.15, -0.1) is 0 Å². The van der Waals surface area contributed by atoms with E-state index in [1.807, 2.05) is 24.3 Å². The number of carbonyl (C=O) groups excluding carboxylic acids is 1. The summed E-state index contributed by atoms with van der Waals surface area (Å²) < 4.78 is 0. The summed E-state index contributed by atoms with van der Waals surface area (Å²) in [6.45, 7) is 0. The molecule has 0 aliphatic heterocycles. The molecule has 2 nitrogen and oxygen atoms in total. The highest BCUT2D eigenvalue weighted by Crippen LogP contribution is 2.44. The topological polar surface area (TPSA) is 29.1 Å². The van der Waals surface area contributed by atoms with Crippen LogP contribution < -0.4 is 5.32 Å². The Morgan fingerprint density at radius 3 is 2.42 bits per heavy atom. The van der Waals surface area contributed by atoms with E-state index in [9.17, 15) is 4.79 Å². The SMILES string of the molecule is O=C(CCc1ccccc1Cl)NC(C1CC1)C1CC1. The van der Waals surface area contributed by atoms with Crippen LogP contribution in [-0.4, -0.2) is 11.9 Å². The number of halogens is 1. The minimum absolute atomic E-state index is 0.184. The lowest BCUT2D eigenvalue weighted by Crippen LogP contribution is -2.38. The van der Waals surface area contributed by atoms with E-state index in [0.717, 1.165) is 28.8 Å². The van der Waals surface area contributed by atoms with Crippen LogP contribution in [0.4, 0.5) is 0 Å². The maximum absolute atomic E-state index is 12.0. The first-order valence-electron chi connectivity index (χ1n) is 7.27. The lowest BCUT2D eigenvalue weighted by Gasteiger charge is -2.17. The number of nitrogens with one attached hydrogen (secondary N) is 1. The fraction of sp³-hybridized carbons (Fsp3) is 0.562. The Bertz CT molecular complexity index is 454. The van der Waals surface area contributed by atoms with Crippen LogP contribution in [-0.2, 0) is 11.2 Å². The number of hydrogen-bond acceptors (Lipinski definition) is 1. The minimum atomic E-state index is 0.184. The molecular formula is C16H20ClNO. The van der Waals surface area contributed by atoms with E-state index in [-0.39, 0.29) is 5.91 Å². The first-order chi connectivity index (χ1) is 9.24. The van der Waals surface area contributed by atoms with Gasteiger partial charge in [0.15, 0.2) is 0 Å². The summed E-state index contributed by atoms with van der Waals surface area (Å²) in [5.41, 5.74) is 1.06. The van der Waals surface area contributed by atoms with Gasteiger partial charge in [-0.1, -0.05) is 29.8 Å². The van der Waals surface area contributed by atoms with Gasteiger partial charge in [-0.3, -0.25) is 4.79 Å². The molecule has 19 heavy (non-hydrogen) atoms. The maximum atomic E-state index is 12.0. The Morgan fingerprint density at radius 2 is 1.84 bits per heavy atom. The van der Waals surface area contributed by atoms with E-state index in [2.05, 4.69) is 5.32 Å².